The van der Waals surface area contributed by atoms with Crippen molar-refractivity contribution in [2.45, 2.75) is 20.0 Å². The van der Waals surface area contributed by atoms with Gasteiger partial charge in [0.1, 0.15) is 5.75 Å². The second-order valence-corrected chi connectivity index (χ2v) is 3.42. The summed E-state index contributed by atoms with van der Waals surface area (Å²) in [5, 5.41) is 0. The molecule has 5 heteroatoms. The van der Waals surface area contributed by atoms with Gasteiger partial charge in [-0.3, -0.25) is 4.79 Å². The summed E-state index contributed by atoms with van der Waals surface area (Å²) in [6.45, 7) is 2.70. The largest absolute Gasteiger partial charge is 0.496 e. The number of hydrogen-bond acceptors (Lipinski definition) is 2. The average Bonchev–Trinajstić information content (AvgIpc) is 2.15. The Morgan fingerprint density at radius 3 is 2.25 bits per heavy atom. The van der Waals surface area contributed by atoms with Crippen molar-refractivity contribution in [1.29, 1.82) is 0 Å². The lowest BCUT2D eigenvalue weighted by molar-refractivity contribution is -0.138. The summed E-state index contributed by atoms with van der Waals surface area (Å²) in [6, 6.07) is 2.05. The van der Waals surface area contributed by atoms with Crippen molar-refractivity contribution in [1.82, 2.24) is 0 Å². The van der Waals surface area contributed by atoms with Gasteiger partial charge in [0.25, 0.3) is 0 Å². The molecule has 0 saturated carbocycles. The highest BCUT2D eigenvalue weighted by Crippen LogP contribution is 2.36. The summed E-state index contributed by atoms with van der Waals surface area (Å²) in [5.74, 6) is -0.490. The Bertz CT molecular complexity index is 422. The lowest BCUT2D eigenvalue weighted by atomic mass is 10.0. The van der Waals surface area contributed by atoms with Gasteiger partial charge < -0.3 is 4.74 Å². The third-order valence-corrected chi connectivity index (χ3v) is 2.22. The Morgan fingerprint density at radius 2 is 1.88 bits per heavy atom. The van der Waals surface area contributed by atoms with Gasteiger partial charge in [0.2, 0.25) is 0 Å². The Labute approximate surface area is 91.0 Å². The molecule has 0 aliphatic heterocycles. The van der Waals surface area contributed by atoms with Gasteiger partial charge in [-0.25, -0.2) is 0 Å². The van der Waals surface area contributed by atoms with E-state index in [-0.39, 0.29) is 11.3 Å². The van der Waals surface area contributed by atoms with Crippen molar-refractivity contribution in [2.24, 2.45) is 0 Å². The molecule has 0 amide bonds. The van der Waals surface area contributed by atoms with E-state index >= 15 is 0 Å². The number of carbonyl (C=O) groups excluding carboxylic acids is 1. The molecular weight excluding hydrogens is 221 g/mol. The molecular formula is C11H11F3O2. The van der Waals surface area contributed by atoms with Crippen molar-refractivity contribution in [3.05, 3.63) is 28.8 Å². The van der Waals surface area contributed by atoms with Crippen molar-refractivity contribution < 1.29 is 22.7 Å². The van der Waals surface area contributed by atoms with Crippen molar-refractivity contribution in [2.75, 3.05) is 7.11 Å². The van der Waals surface area contributed by atoms with Gasteiger partial charge >= 0.3 is 6.18 Å². The smallest absolute Gasteiger partial charge is 0.417 e. The van der Waals surface area contributed by atoms with Gasteiger partial charge in [-0.15, -0.1) is 0 Å². The number of Topliss-reactive ketones (excluding diaryl/α,β-unsaturated/α-hetero) is 1. The molecule has 0 unspecified atom stereocenters. The lowest BCUT2D eigenvalue weighted by Gasteiger charge is -2.14. The van der Waals surface area contributed by atoms with E-state index in [0.29, 0.717) is 5.56 Å². The lowest BCUT2D eigenvalue weighted by Crippen LogP contribution is -2.12. The molecule has 1 aromatic rings. The molecule has 0 heterocycles. The first kappa shape index (κ1) is 12.5. The van der Waals surface area contributed by atoms with Crippen molar-refractivity contribution in [3.63, 3.8) is 0 Å². The van der Waals surface area contributed by atoms with E-state index < -0.39 is 17.5 Å². The standard InChI is InChI=1S/C11H11F3O2/c1-6-4-8(7(2)15)9(11(12,13)14)5-10(6)16-3/h4-5H,1-3H3. The summed E-state index contributed by atoms with van der Waals surface area (Å²) in [5.41, 5.74) is -0.783. The molecule has 0 aromatic heterocycles. The fraction of sp³-hybridized carbons (Fsp3) is 0.364. The highest BCUT2D eigenvalue weighted by molar-refractivity contribution is 5.96. The molecule has 2 nitrogen and oxygen atoms in total. The molecule has 0 atom stereocenters. The van der Waals surface area contributed by atoms with Crippen LogP contribution in [-0.4, -0.2) is 12.9 Å². The van der Waals surface area contributed by atoms with E-state index in [4.69, 9.17) is 4.74 Å². The molecule has 0 saturated heterocycles. The van der Waals surface area contributed by atoms with Crippen molar-refractivity contribution >= 4 is 5.78 Å². The first-order valence-corrected chi connectivity index (χ1v) is 4.54. The maximum atomic E-state index is 12.6. The number of carbonyl (C=O) groups is 1. The van der Waals surface area contributed by atoms with Crippen LogP contribution in [0.5, 0.6) is 5.75 Å². The molecule has 0 spiro atoms. The van der Waals surface area contributed by atoms with E-state index in [0.717, 1.165) is 13.0 Å². The minimum atomic E-state index is -4.55. The fourth-order valence-electron chi connectivity index (χ4n) is 1.43. The third-order valence-electron chi connectivity index (χ3n) is 2.22. The summed E-state index contributed by atoms with van der Waals surface area (Å²) in [6.07, 6.45) is -4.55. The minimum Gasteiger partial charge on any atom is -0.496 e. The molecule has 1 aromatic carbocycles. The summed E-state index contributed by atoms with van der Waals surface area (Å²) >= 11 is 0. The van der Waals surface area contributed by atoms with E-state index in [1.807, 2.05) is 0 Å². The van der Waals surface area contributed by atoms with Gasteiger partial charge in [0, 0.05) is 5.56 Å². The number of alkyl halides is 3. The Hall–Kier alpha value is -1.52. The fourth-order valence-corrected chi connectivity index (χ4v) is 1.43. The highest BCUT2D eigenvalue weighted by atomic mass is 19.4. The summed E-state index contributed by atoms with van der Waals surface area (Å²) < 4.78 is 42.8. The van der Waals surface area contributed by atoms with Gasteiger partial charge in [-0.2, -0.15) is 13.2 Å². The molecule has 88 valence electrons. The zero-order valence-electron chi connectivity index (χ0n) is 9.11. The number of rotatable bonds is 2. The van der Waals surface area contributed by atoms with Crippen LogP contribution in [0.4, 0.5) is 13.2 Å². The number of hydrogen-bond donors (Lipinski definition) is 0. The quantitative estimate of drug-likeness (QED) is 0.732. The number of ketones is 1. The SMILES string of the molecule is COc1cc(C(F)(F)F)c(C(C)=O)cc1C. The van der Waals surface area contributed by atoms with Crippen molar-refractivity contribution in [3.8, 4) is 5.75 Å². The second-order valence-electron chi connectivity index (χ2n) is 3.42. The van der Waals surface area contributed by atoms with Crippen LogP contribution in [0.3, 0.4) is 0 Å². The number of benzene rings is 1. The van der Waals surface area contributed by atoms with Crippen LogP contribution >= 0.6 is 0 Å². The normalized spacial score (nSPS) is 11.4. The van der Waals surface area contributed by atoms with E-state index in [1.54, 1.807) is 6.92 Å². The summed E-state index contributed by atoms with van der Waals surface area (Å²) in [7, 11) is 1.29. The van der Waals surface area contributed by atoms with Crippen LogP contribution in [0, 0.1) is 6.92 Å². The molecule has 1 rings (SSSR count). The topological polar surface area (TPSA) is 26.3 Å². The maximum absolute atomic E-state index is 12.6. The van der Waals surface area contributed by atoms with Crippen LogP contribution < -0.4 is 4.74 Å². The predicted molar refractivity (Wildman–Crippen MR) is 52.7 cm³/mol. The van der Waals surface area contributed by atoms with Gasteiger partial charge in [-0.05, 0) is 31.5 Å². The molecule has 0 bridgehead atoms. The number of ether oxygens (including phenoxy) is 1. The maximum Gasteiger partial charge on any atom is 0.417 e. The summed E-state index contributed by atoms with van der Waals surface area (Å²) in [4.78, 5) is 11.1. The van der Waals surface area contributed by atoms with E-state index in [9.17, 15) is 18.0 Å². The Kier molecular flexibility index (Phi) is 3.26. The van der Waals surface area contributed by atoms with Crippen LogP contribution in [0.1, 0.15) is 28.4 Å². The first-order chi connectivity index (χ1) is 7.27. The molecule has 16 heavy (non-hydrogen) atoms. The predicted octanol–water partition coefficient (Wildman–Crippen LogP) is 3.23. The first-order valence-electron chi connectivity index (χ1n) is 4.54. The van der Waals surface area contributed by atoms with E-state index in [1.165, 1.54) is 13.2 Å². The second kappa shape index (κ2) is 4.15. The number of halogens is 3. The van der Waals surface area contributed by atoms with Crippen LogP contribution in [0.25, 0.3) is 0 Å². The Balaban J connectivity index is 3.49. The zero-order chi connectivity index (χ0) is 12.5. The highest BCUT2D eigenvalue weighted by Gasteiger charge is 2.35. The monoisotopic (exact) mass is 232 g/mol. The van der Waals surface area contributed by atoms with E-state index in [2.05, 4.69) is 0 Å². The minimum absolute atomic E-state index is 0.123. The third kappa shape index (κ3) is 2.35. The molecule has 0 aliphatic carbocycles. The molecule has 0 fully saturated rings. The molecule has 0 radical (unpaired) electrons. The van der Waals surface area contributed by atoms with Crippen LogP contribution in [0.15, 0.2) is 12.1 Å². The number of methoxy groups -OCH3 is 1. The average molecular weight is 232 g/mol. The Morgan fingerprint density at radius 1 is 1.31 bits per heavy atom. The number of aryl methyl sites for hydroxylation is 1. The molecule has 0 aliphatic rings. The van der Waals surface area contributed by atoms with Crippen LogP contribution in [0.2, 0.25) is 0 Å². The van der Waals surface area contributed by atoms with Gasteiger partial charge in [-0.1, -0.05) is 0 Å². The van der Waals surface area contributed by atoms with Crippen LogP contribution in [-0.2, 0) is 6.18 Å². The molecule has 0 N–H and O–H groups in total. The van der Waals surface area contributed by atoms with Gasteiger partial charge in [0.15, 0.2) is 5.78 Å². The van der Waals surface area contributed by atoms with Gasteiger partial charge in [0.05, 0.1) is 12.7 Å². The zero-order valence-corrected chi connectivity index (χ0v) is 9.11.